The van der Waals surface area contributed by atoms with Gasteiger partial charge in [0.1, 0.15) is 18.1 Å². The van der Waals surface area contributed by atoms with Crippen molar-refractivity contribution in [3.05, 3.63) is 87.2 Å². The summed E-state index contributed by atoms with van der Waals surface area (Å²) in [6.45, 7) is 4.46. The molecular formula is C28H26Cl2N4O2S2. The van der Waals surface area contributed by atoms with Gasteiger partial charge in [0.2, 0.25) is 11.8 Å². The van der Waals surface area contributed by atoms with Gasteiger partial charge < -0.3 is 5.32 Å². The number of carbonyl (C=O) groups excluding carboxylic acids is 2. The van der Waals surface area contributed by atoms with Gasteiger partial charge in [0, 0.05) is 17.1 Å². The summed E-state index contributed by atoms with van der Waals surface area (Å²) >= 11 is 16.1. The minimum Gasteiger partial charge on any atom is -0.354 e. The second kappa shape index (κ2) is 11.5. The minimum atomic E-state index is -0.246. The molecule has 1 aliphatic heterocycles. The van der Waals surface area contributed by atoms with E-state index in [-0.39, 0.29) is 35.3 Å². The van der Waals surface area contributed by atoms with Gasteiger partial charge in [-0.2, -0.15) is 5.10 Å². The number of nitrogens with zero attached hydrogens (tertiary/aromatic N) is 3. The molecule has 2 aromatic carbocycles. The number of fused-ring (bicyclic) bond motifs is 1. The van der Waals surface area contributed by atoms with E-state index in [0.717, 1.165) is 21.7 Å². The number of thioether (sulfide) groups is 1. The topological polar surface area (TPSA) is 67.2 Å². The lowest BCUT2D eigenvalue weighted by atomic mass is 10.0. The first kappa shape index (κ1) is 26.8. The first-order valence-corrected chi connectivity index (χ1v) is 14.9. The van der Waals surface area contributed by atoms with Gasteiger partial charge in [0.05, 0.1) is 26.6 Å². The van der Waals surface area contributed by atoms with E-state index in [4.69, 9.17) is 28.3 Å². The van der Waals surface area contributed by atoms with E-state index < -0.39 is 0 Å². The van der Waals surface area contributed by atoms with Gasteiger partial charge in [0.25, 0.3) is 0 Å². The lowest BCUT2D eigenvalue weighted by molar-refractivity contribution is -0.123. The number of thiophene rings is 1. The molecule has 5 rings (SSSR count). The number of rotatable bonds is 7. The van der Waals surface area contributed by atoms with Crippen LogP contribution in [0.15, 0.2) is 66.0 Å². The number of carbonyl (C=O) groups is 2. The summed E-state index contributed by atoms with van der Waals surface area (Å²) in [5.74, 6) is 0.619. The van der Waals surface area contributed by atoms with Crippen LogP contribution in [0.1, 0.15) is 30.2 Å². The van der Waals surface area contributed by atoms with Crippen LogP contribution in [-0.2, 0) is 9.59 Å². The molecule has 2 aromatic heterocycles. The molecule has 0 aliphatic carbocycles. The second-order valence-corrected chi connectivity index (χ2v) is 12.2. The first-order chi connectivity index (χ1) is 18.3. The highest BCUT2D eigenvalue weighted by atomic mass is 35.5. The third-order valence-corrected chi connectivity index (χ3v) is 8.77. The predicted octanol–water partition coefficient (Wildman–Crippen LogP) is 6.85. The van der Waals surface area contributed by atoms with Crippen molar-refractivity contribution in [2.24, 2.45) is 5.92 Å². The molecule has 0 radical (unpaired) electrons. The van der Waals surface area contributed by atoms with E-state index in [9.17, 15) is 9.59 Å². The third-order valence-electron chi connectivity index (χ3n) is 6.08. The van der Waals surface area contributed by atoms with E-state index in [1.54, 1.807) is 27.0 Å². The number of hydrogen-bond donors (Lipinski definition) is 1. The Morgan fingerprint density at radius 3 is 2.66 bits per heavy atom. The normalized spacial score (nSPS) is 15.4. The van der Waals surface area contributed by atoms with Crippen LogP contribution in [0.3, 0.4) is 0 Å². The SMILES string of the molecule is CC(C)CNC(=O)CN1C(=O)CS[C@H](c2cccc(Cl)c2)c2c(-c3cccs3)nn(-c3ccccc3Cl)c21. The summed E-state index contributed by atoms with van der Waals surface area (Å²) in [5.41, 5.74) is 3.18. The first-order valence-electron chi connectivity index (χ1n) is 12.2. The average molecular weight is 586 g/mol. The van der Waals surface area contributed by atoms with Crippen LogP contribution in [0, 0.1) is 5.92 Å². The fourth-order valence-electron chi connectivity index (χ4n) is 4.36. The van der Waals surface area contributed by atoms with Gasteiger partial charge in [-0.1, -0.05) is 67.4 Å². The predicted molar refractivity (Wildman–Crippen MR) is 158 cm³/mol. The van der Waals surface area contributed by atoms with Crippen LogP contribution < -0.4 is 10.2 Å². The number of hydrogen-bond acceptors (Lipinski definition) is 5. The van der Waals surface area contributed by atoms with Gasteiger partial charge in [-0.25, -0.2) is 4.68 Å². The van der Waals surface area contributed by atoms with Crippen molar-refractivity contribution in [3.8, 4) is 16.3 Å². The molecular weight excluding hydrogens is 559 g/mol. The number of para-hydroxylation sites is 1. The molecule has 196 valence electrons. The second-order valence-electron chi connectivity index (χ2n) is 9.35. The monoisotopic (exact) mass is 584 g/mol. The van der Waals surface area contributed by atoms with Crippen LogP contribution in [-0.4, -0.2) is 40.4 Å². The molecule has 2 amide bonds. The van der Waals surface area contributed by atoms with Crippen molar-refractivity contribution in [1.82, 2.24) is 15.1 Å². The van der Waals surface area contributed by atoms with Crippen molar-refractivity contribution >= 4 is 63.9 Å². The maximum atomic E-state index is 13.7. The van der Waals surface area contributed by atoms with E-state index in [0.29, 0.717) is 28.1 Å². The van der Waals surface area contributed by atoms with Crippen LogP contribution in [0.4, 0.5) is 5.82 Å². The Kier molecular flexibility index (Phi) is 8.14. The lowest BCUT2D eigenvalue weighted by Crippen LogP contribution is -2.43. The van der Waals surface area contributed by atoms with Gasteiger partial charge in [-0.05, 0) is 47.2 Å². The summed E-state index contributed by atoms with van der Waals surface area (Å²) in [6, 6.07) is 19.0. The fourth-order valence-corrected chi connectivity index (χ4v) is 6.68. The quantitative estimate of drug-likeness (QED) is 0.258. The van der Waals surface area contributed by atoms with Crippen LogP contribution in [0.25, 0.3) is 16.3 Å². The molecule has 3 heterocycles. The molecule has 0 spiro atoms. The number of halogens is 2. The van der Waals surface area contributed by atoms with E-state index in [2.05, 4.69) is 5.32 Å². The zero-order valence-corrected chi connectivity index (χ0v) is 24.0. The average Bonchev–Trinajstić information content (AvgIpc) is 3.52. The number of benzene rings is 2. The number of aromatic nitrogens is 2. The Labute approximate surface area is 239 Å². The molecule has 1 N–H and O–H groups in total. The fraction of sp³-hybridized carbons (Fsp3) is 0.250. The summed E-state index contributed by atoms with van der Waals surface area (Å²) in [7, 11) is 0. The highest BCUT2D eigenvalue weighted by Crippen LogP contribution is 2.49. The Morgan fingerprint density at radius 1 is 1.13 bits per heavy atom. The zero-order valence-electron chi connectivity index (χ0n) is 20.9. The largest absolute Gasteiger partial charge is 0.354 e. The number of nitrogens with one attached hydrogen (secondary N) is 1. The zero-order chi connectivity index (χ0) is 26.8. The number of amides is 2. The van der Waals surface area contributed by atoms with E-state index in [1.807, 2.05) is 73.8 Å². The van der Waals surface area contributed by atoms with Gasteiger partial charge in [-0.3, -0.25) is 14.5 Å². The Hall–Kier alpha value is -2.78. The maximum absolute atomic E-state index is 13.7. The highest BCUT2D eigenvalue weighted by molar-refractivity contribution is 8.00. The van der Waals surface area contributed by atoms with Crippen LogP contribution >= 0.6 is 46.3 Å². The molecule has 0 fully saturated rings. The number of anilines is 1. The maximum Gasteiger partial charge on any atom is 0.240 e. The molecule has 1 aliphatic rings. The molecule has 6 nitrogen and oxygen atoms in total. The summed E-state index contributed by atoms with van der Waals surface area (Å²) in [5, 5.41) is 10.8. The molecule has 4 aromatic rings. The third kappa shape index (κ3) is 5.50. The van der Waals surface area contributed by atoms with Gasteiger partial charge in [-0.15, -0.1) is 23.1 Å². The minimum absolute atomic E-state index is 0.124. The molecule has 0 saturated carbocycles. The van der Waals surface area contributed by atoms with E-state index in [1.165, 1.54) is 11.8 Å². The molecule has 1 atom stereocenters. The molecule has 0 unspecified atom stereocenters. The Morgan fingerprint density at radius 2 is 1.95 bits per heavy atom. The van der Waals surface area contributed by atoms with Crippen molar-refractivity contribution in [2.75, 3.05) is 23.7 Å². The van der Waals surface area contributed by atoms with E-state index >= 15 is 0 Å². The van der Waals surface area contributed by atoms with Crippen molar-refractivity contribution < 1.29 is 9.59 Å². The molecule has 38 heavy (non-hydrogen) atoms. The highest BCUT2D eigenvalue weighted by Gasteiger charge is 2.38. The molecule has 0 saturated heterocycles. The van der Waals surface area contributed by atoms with Crippen molar-refractivity contribution in [3.63, 3.8) is 0 Å². The smallest absolute Gasteiger partial charge is 0.240 e. The Bertz CT molecular complexity index is 1470. The van der Waals surface area contributed by atoms with Crippen LogP contribution in [0.2, 0.25) is 10.0 Å². The molecule has 0 bridgehead atoms. The van der Waals surface area contributed by atoms with Crippen molar-refractivity contribution in [1.29, 1.82) is 0 Å². The molecule has 10 heteroatoms. The van der Waals surface area contributed by atoms with Crippen molar-refractivity contribution in [2.45, 2.75) is 19.1 Å². The van der Waals surface area contributed by atoms with Gasteiger partial charge in [0.15, 0.2) is 0 Å². The summed E-state index contributed by atoms with van der Waals surface area (Å²) in [6.07, 6.45) is 0. The lowest BCUT2D eigenvalue weighted by Gasteiger charge is -2.23. The van der Waals surface area contributed by atoms with Gasteiger partial charge >= 0.3 is 0 Å². The summed E-state index contributed by atoms with van der Waals surface area (Å²) < 4.78 is 1.71. The standard InChI is InChI=1S/C28H26Cl2N4O2S2/c1-17(2)14-31-23(35)15-33-24(36)16-38-27(18-7-5-8-19(29)13-18)25-26(22-11-6-12-37-22)32-34(28(25)33)21-10-4-3-9-20(21)30/h3-13,17,27H,14-16H2,1-2H3,(H,31,35)/t27-/m1/s1. The Balaban J connectivity index is 1.76. The summed E-state index contributed by atoms with van der Waals surface area (Å²) in [4.78, 5) is 29.2. The van der Waals surface area contributed by atoms with Crippen LogP contribution in [0.5, 0.6) is 0 Å².